The highest BCUT2D eigenvalue weighted by atomic mass is 32.3. The second-order valence-corrected chi connectivity index (χ2v) is 7.08. The maximum Gasteiger partial charge on any atom is 0.414 e. The average molecular weight is 387 g/mol. The van der Waals surface area contributed by atoms with E-state index < -0.39 is 28.4 Å². The Bertz CT molecular complexity index is 824. The van der Waals surface area contributed by atoms with Gasteiger partial charge in [-0.3, -0.25) is 9.08 Å². The number of cyclic esters (lactones) is 1. The van der Waals surface area contributed by atoms with Crippen molar-refractivity contribution in [3.63, 3.8) is 0 Å². The Balaban J connectivity index is 1.70. The lowest BCUT2D eigenvalue weighted by molar-refractivity contribution is 0.0995. The smallest absolute Gasteiger partial charge is 0.414 e. The molecule has 1 fully saturated rings. The molecule has 2 heterocycles. The minimum atomic E-state index is -4.12. The van der Waals surface area contributed by atoms with E-state index in [1.807, 2.05) is 6.08 Å². The predicted octanol–water partition coefficient (Wildman–Crippen LogP) is 1.86. The van der Waals surface area contributed by atoms with Gasteiger partial charge in [-0.25, -0.2) is 13.4 Å². The van der Waals surface area contributed by atoms with Crippen molar-refractivity contribution in [2.75, 3.05) is 38.4 Å². The summed E-state index contributed by atoms with van der Waals surface area (Å²) in [6.45, 7) is 0.637. The Morgan fingerprint density at radius 2 is 2.19 bits per heavy atom. The van der Waals surface area contributed by atoms with E-state index in [0.29, 0.717) is 30.9 Å². The van der Waals surface area contributed by atoms with Crippen LogP contribution in [-0.4, -0.2) is 54.1 Å². The number of halogens is 1. The number of rotatable bonds is 6. The van der Waals surface area contributed by atoms with Crippen LogP contribution in [0, 0.1) is 5.82 Å². The maximum absolute atomic E-state index is 14.5. The number of carbonyl (C=O) groups is 1. The number of hydrogen-bond donors (Lipinski definition) is 0. The third-order valence-electron chi connectivity index (χ3n) is 4.05. The zero-order chi connectivity index (χ0) is 18.7. The van der Waals surface area contributed by atoms with Crippen LogP contribution in [0.3, 0.4) is 0 Å². The van der Waals surface area contributed by atoms with E-state index in [1.165, 1.54) is 11.0 Å². The summed E-state index contributed by atoms with van der Waals surface area (Å²) in [4.78, 5) is 13.2. The van der Waals surface area contributed by atoms with Gasteiger partial charge in [0.2, 0.25) is 0 Å². The van der Waals surface area contributed by atoms with Crippen LogP contribution < -0.4 is 4.90 Å². The minimum Gasteiger partial charge on any atom is -0.441 e. The molecule has 0 saturated carbocycles. The first kappa shape index (κ1) is 18.8. The number of amides is 1. The summed E-state index contributed by atoms with van der Waals surface area (Å²) in [7, 11) is -3.16. The van der Waals surface area contributed by atoms with Crippen molar-refractivity contribution < 1.29 is 35.4 Å². The second kappa shape index (κ2) is 7.70. The number of benzene rings is 1. The molecule has 8 nitrogen and oxygen atoms in total. The van der Waals surface area contributed by atoms with Crippen LogP contribution >= 0.6 is 0 Å². The van der Waals surface area contributed by atoms with Crippen molar-refractivity contribution in [2.24, 2.45) is 0 Å². The topological polar surface area (TPSA) is 91.4 Å². The first-order valence-electron chi connectivity index (χ1n) is 7.89. The highest BCUT2D eigenvalue weighted by molar-refractivity contribution is 7.81. The van der Waals surface area contributed by atoms with E-state index in [2.05, 4.69) is 8.37 Å². The zero-order valence-corrected chi connectivity index (χ0v) is 14.8. The Labute approximate surface area is 150 Å². The van der Waals surface area contributed by atoms with Gasteiger partial charge in [-0.2, -0.15) is 8.42 Å². The van der Waals surface area contributed by atoms with Gasteiger partial charge >= 0.3 is 16.5 Å². The minimum absolute atomic E-state index is 0.0351. The molecule has 0 aliphatic carbocycles. The molecular weight excluding hydrogens is 369 g/mol. The molecule has 1 aromatic rings. The summed E-state index contributed by atoms with van der Waals surface area (Å²) in [5, 5.41) is 0. The van der Waals surface area contributed by atoms with Gasteiger partial charge in [-0.15, -0.1) is 0 Å². The third kappa shape index (κ3) is 4.21. The fourth-order valence-electron chi connectivity index (χ4n) is 2.73. The monoisotopic (exact) mass is 387 g/mol. The van der Waals surface area contributed by atoms with E-state index in [-0.39, 0.29) is 13.2 Å². The van der Waals surface area contributed by atoms with Crippen molar-refractivity contribution in [1.82, 2.24) is 0 Å². The lowest BCUT2D eigenvalue weighted by Gasteiger charge is -2.17. The number of hydrogen-bond acceptors (Lipinski definition) is 7. The summed E-state index contributed by atoms with van der Waals surface area (Å²) in [6.07, 6.45) is 0.935. The summed E-state index contributed by atoms with van der Waals surface area (Å²) < 4.78 is 55.8. The molecule has 10 heteroatoms. The maximum atomic E-state index is 14.5. The van der Waals surface area contributed by atoms with Gasteiger partial charge in [0.05, 0.1) is 32.6 Å². The van der Waals surface area contributed by atoms with Gasteiger partial charge in [0, 0.05) is 5.56 Å². The highest BCUT2D eigenvalue weighted by Gasteiger charge is 2.34. The molecule has 0 spiro atoms. The predicted molar refractivity (Wildman–Crippen MR) is 89.3 cm³/mol. The Morgan fingerprint density at radius 3 is 2.85 bits per heavy atom. The summed E-state index contributed by atoms with van der Waals surface area (Å²) in [5.41, 5.74) is 1.65. The molecule has 26 heavy (non-hydrogen) atoms. The van der Waals surface area contributed by atoms with Crippen molar-refractivity contribution >= 4 is 27.8 Å². The highest BCUT2D eigenvalue weighted by Crippen LogP contribution is 2.29. The fourth-order valence-corrected chi connectivity index (χ4v) is 3.15. The summed E-state index contributed by atoms with van der Waals surface area (Å²) in [5.74, 6) is -0.454. The Hall–Kier alpha value is -2.01. The molecule has 0 bridgehead atoms. The van der Waals surface area contributed by atoms with Gasteiger partial charge in [0.25, 0.3) is 0 Å². The molecule has 1 saturated heterocycles. The molecule has 0 unspecified atom stereocenters. The van der Waals surface area contributed by atoms with Crippen molar-refractivity contribution in [3.8, 4) is 0 Å². The molecule has 142 valence electrons. The van der Waals surface area contributed by atoms with E-state index in [1.54, 1.807) is 12.1 Å². The van der Waals surface area contributed by atoms with E-state index >= 15 is 0 Å². The number of anilines is 1. The molecule has 2 aliphatic heterocycles. The van der Waals surface area contributed by atoms with Crippen LogP contribution in [0.4, 0.5) is 14.9 Å². The standard InChI is InChI=1S/C16H18FNO7S/c1-22-26(20,21)24-10-13-9-18(16(19)25-13)12-2-3-14(15(17)8-12)11-4-6-23-7-5-11/h2-4,8,13H,5-7,9-10H2,1H3/t13-/m1/s1. The molecule has 0 aromatic heterocycles. The Kier molecular flexibility index (Phi) is 5.56. The van der Waals surface area contributed by atoms with Crippen molar-refractivity contribution in [2.45, 2.75) is 12.5 Å². The van der Waals surface area contributed by atoms with Gasteiger partial charge in [-0.1, -0.05) is 6.08 Å². The van der Waals surface area contributed by atoms with Crippen LogP contribution in [0.2, 0.25) is 0 Å². The van der Waals surface area contributed by atoms with Crippen LogP contribution in [0.5, 0.6) is 0 Å². The summed E-state index contributed by atoms with van der Waals surface area (Å²) in [6, 6.07) is 4.47. The number of ether oxygens (including phenoxy) is 2. The molecule has 0 N–H and O–H groups in total. The van der Waals surface area contributed by atoms with Crippen LogP contribution in [0.1, 0.15) is 12.0 Å². The SMILES string of the molecule is COS(=O)(=O)OC[C@H]1CN(c2ccc(C3=CCOCC3)c(F)c2)C(=O)O1. The quantitative estimate of drug-likeness (QED) is 0.736. The van der Waals surface area contributed by atoms with Crippen LogP contribution in [0.15, 0.2) is 24.3 Å². The molecular formula is C16H18FNO7S. The molecule has 1 amide bonds. The average Bonchev–Trinajstić information content (AvgIpc) is 3.01. The zero-order valence-electron chi connectivity index (χ0n) is 14.0. The van der Waals surface area contributed by atoms with Gasteiger partial charge in [-0.05, 0) is 30.2 Å². The van der Waals surface area contributed by atoms with Gasteiger partial charge in [0.1, 0.15) is 18.5 Å². The Morgan fingerprint density at radius 1 is 1.38 bits per heavy atom. The number of nitrogens with zero attached hydrogens (tertiary/aromatic N) is 1. The largest absolute Gasteiger partial charge is 0.441 e. The first-order valence-corrected chi connectivity index (χ1v) is 9.23. The molecule has 3 rings (SSSR count). The van der Waals surface area contributed by atoms with E-state index in [9.17, 15) is 17.6 Å². The van der Waals surface area contributed by atoms with Crippen molar-refractivity contribution in [1.29, 1.82) is 0 Å². The van der Waals surface area contributed by atoms with E-state index in [0.717, 1.165) is 12.7 Å². The molecule has 1 aromatic carbocycles. The van der Waals surface area contributed by atoms with E-state index in [4.69, 9.17) is 9.47 Å². The normalized spacial score (nSPS) is 20.8. The molecule has 1 atom stereocenters. The van der Waals surface area contributed by atoms with Crippen LogP contribution in [-0.2, 0) is 28.2 Å². The van der Waals surface area contributed by atoms with Gasteiger partial charge in [0.15, 0.2) is 0 Å². The first-order chi connectivity index (χ1) is 12.4. The lowest BCUT2D eigenvalue weighted by atomic mass is 10.0. The molecule has 2 aliphatic rings. The van der Waals surface area contributed by atoms with Crippen LogP contribution in [0.25, 0.3) is 5.57 Å². The fraction of sp³-hybridized carbons (Fsp3) is 0.438. The third-order valence-corrected chi connectivity index (χ3v) is 4.88. The van der Waals surface area contributed by atoms with Gasteiger partial charge < -0.3 is 9.47 Å². The second-order valence-electron chi connectivity index (χ2n) is 5.69. The lowest BCUT2D eigenvalue weighted by Crippen LogP contribution is -2.27. The summed E-state index contributed by atoms with van der Waals surface area (Å²) >= 11 is 0. The molecule has 0 radical (unpaired) electrons. The van der Waals surface area contributed by atoms with Crippen molar-refractivity contribution in [3.05, 3.63) is 35.7 Å². The number of carbonyl (C=O) groups excluding carboxylic acids is 1.